The molecule has 1 fully saturated rings. The molecule has 39 heavy (non-hydrogen) atoms. The number of alkyl halides is 3. The van der Waals surface area contributed by atoms with Crippen molar-refractivity contribution in [1.29, 1.82) is 0 Å². The third-order valence-electron chi connectivity index (χ3n) is 6.97. The second kappa shape index (κ2) is 10.9. The van der Waals surface area contributed by atoms with Gasteiger partial charge in [0.25, 0.3) is 0 Å². The van der Waals surface area contributed by atoms with Crippen LogP contribution in [0.4, 0.5) is 17.6 Å². The van der Waals surface area contributed by atoms with Crippen molar-refractivity contribution in [3.8, 4) is 22.6 Å². The number of nitrogens with two attached hydrogens (primary N) is 1. The summed E-state index contributed by atoms with van der Waals surface area (Å²) in [6.45, 7) is 2.10. The first-order valence-corrected chi connectivity index (χ1v) is 12.4. The average molecular weight is 536 g/mol. The molecule has 0 radical (unpaired) electrons. The summed E-state index contributed by atoms with van der Waals surface area (Å²) in [5.74, 6) is -0.780. The van der Waals surface area contributed by atoms with E-state index in [1.165, 1.54) is 30.5 Å². The third-order valence-corrected chi connectivity index (χ3v) is 6.97. The maximum atomic E-state index is 13.6. The highest BCUT2D eigenvalue weighted by molar-refractivity contribution is 5.93. The number of primary amides is 1. The van der Waals surface area contributed by atoms with E-state index in [9.17, 15) is 22.4 Å². The van der Waals surface area contributed by atoms with Gasteiger partial charge < -0.3 is 5.73 Å². The molecular formula is C29H25F4N5O. The maximum Gasteiger partial charge on any atom is 0.416 e. The van der Waals surface area contributed by atoms with Crippen LogP contribution in [0.3, 0.4) is 0 Å². The highest BCUT2D eigenvalue weighted by Crippen LogP contribution is 2.39. The zero-order chi connectivity index (χ0) is 27.6. The number of benzene rings is 2. The second-order valence-electron chi connectivity index (χ2n) is 9.57. The number of carbonyl (C=O) groups is 1. The molecule has 10 heteroatoms. The first kappa shape index (κ1) is 26.4. The number of aromatic nitrogens is 3. The van der Waals surface area contributed by atoms with E-state index in [4.69, 9.17) is 5.73 Å². The van der Waals surface area contributed by atoms with E-state index in [2.05, 4.69) is 19.9 Å². The van der Waals surface area contributed by atoms with Gasteiger partial charge in [-0.2, -0.15) is 13.2 Å². The predicted octanol–water partition coefficient (Wildman–Crippen LogP) is 5.84. The fraction of sp³-hybridized carbons (Fsp3) is 0.241. The highest BCUT2D eigenvalue weighted by atomic mass is 19.4. The van der Waals surface area contributed by atoms with E-state index < -0.39 is 23.5 Å². The molecule has 0 saturated carbocycles. The van der Waals surface area contributed by atoms with Gasteiger partial charge in [0, 0.05) is 29.4 Å². The lowest BCUT2D eigenvalue weighted by Gasteiger charge is -2.33. The molecule has 1 aliphatic heterocycles. The molecule has 0 bridgehead atoms. The van der Waals surface area contributed by atoms with Gasteiger partial charge >= 0.3 is 6.18 Å². The smallest absolute Gasteiger partial charge is 0.366 e. The van der Waals surface area contributed by atoms with Gasteiger partial charge in [-0.3, -0.25) is 14.7 Å². The van der Waals surface area contributed by atoms with Gasteiger partial charge in [-0.1, -0.05) is 30.3 Å². The average Bonchev–Trinajstić information content (AvgIpc) is 2.94. The fourth-order valence-corrected chi connectivity index (χ4v) is 4.92. The molecule has 0 atom stereocenters. The topological polar surface area (TPSA) is 85.0 Å². The monoisotopic (exact) mass is 535 g/mol. The van der Waals surface area contributed by atoms with Crippen LogP contribution in [0.25, 0.3) is 22.6 Å². The number of rotatable bonds is 6. The molecule has 2 aromatic heterocycles. The summed E-state index contributed by atoms with van der Waals surface area (Å²) in [5, 5.41) is 0. The lowest BCUT2D eigenvalue weighted by Crippen LogP contribution is -2.32. The molecule has 0 aliphatic carbocycles. The Kier molecular flexibility index (Phi) is 7.38. The second-order valence-corrected chi connectivity index (χ2v) is 9.57. The Morgan fingerprint density at radius 3 is 2.28 bits per heavy atom. The van der Waals surface area contributed by atoms with Crippen LogP contribution in [0.5, 0.6) is 0 Å². The number of hydrogen-bond acceptors (Lipinski definition) is 5. The third kappa shape index (κ3) is 6.12. The molecule has 2 N–H and O–H groups in total. The predicted molar refractivity (Wildman–Crippen MR) is 138 cm³/mol. The lowest BCUT2D eigenvalue weighted by molar-refractivity contribution is -0.137. The molecule has 5 rings (SSSR count). The number of halogens is 4. The zero-order valence-electron chi connectivity index (χ0n) is 20.8. The largest absolute Gasteiger partial charge is 0.416 e. The summed E-state index contributed by atoms with van der Waals surface area (Å²) in [7, 11) is 0. The number of piperidine rings is 1. The molecule has 1 saturated heterocycles. The molecule has 200 valence electrons. The van der Waals surface area contributed by atoms with E-state index in [0.717, 1.165) is 29.6 Å². The molecule has 1 amide bonds. The van der Waals surface area contributed by atoms with Crippen LogP contribution in [0.2, 0.25) is 0 Å². The quantitative estimate of drug-likeness (QED) is 0.314. The van der Waals surface area contributed by atoms with E-state index in [1.54, 1.807) is 0 Å². The number of amides is 1. The summed E-state index contributed by atoms with van der Waals surface area (Å²) in [4.78, 5) is 26.2. The van der Waals surface area contributed by atoms with E-state index in [0.29, 0.717) is 55.1 Å². The van der Waals surface area contributed by atoms with Crippen LogP contribution < -0.4 is 5.73 Å². The minimum absolute atomic E-state index is 0.101. The van der Waals surface area contributed by atoms with Crippen molar-refractivity contribution in [1.82, 2.24) is 19.9 Å². The van der Waals surface area contributed by atoms with Crippen LogP contribution in [0.1, 0.15) is 45.8 Å². The Balaban J connectivity index is 1.32. The van der Waals surface area contributed by atoms with Gasteiger partial charge in [-0.15, -0.1) is 0 Å². The van der Waals surface area contributed by atoms with Crippen LogP contribution in [-0.4, -0.2) is 38.8 Å². The van der Waals surface area contributed by atoms with E-state index in [-0.39, 0.29) is 11.5 Å². The SMILES string of the molecule is NC(=O)c1ccnc(-c2ccc(C(F)(F)F)cc2C2CCN(Cc3ccc(-c4ncc(F)cn4)cc3)CC2)c1. The maximum absolute atomic E-state index is 13.6. The van der Waals surface area contributed by atoms with Crippen molar-refractivity contribution >= 4 is 5.91 Å². The summed E-state index contributed by atoms with van der Waals surface area (Å²) in [6, 6.07) is 14.4. The lowest BCUT2D eigenvalue weighted by atomic mass is 9.84. The molecule has 0 unspecified atom stereocenters. The molecule has 6 nitrogen and oxygen atoms in total. The van der Waals surface area contributed by atoms with Gasteiger partial charge in [0.15, 0.2) is 11.6 Å². The van der Waals surface area contributed by atoms with Gasteiger partial charge in [-0.25, -0.2) is 14.4 Å². The zero-order valence-corrected chi connectivity index (χ0v) is 20.8. The number of likely N-dealkylation sites (tertiary alicyclic amines) is 1. The number of pyridine rings is 1. The van der Waals surface area contributed by atoms with Gasteiger partial charge in [0.2, 0.25) is 5.91 Å². The minimum atomic E-state index is -4.47. The summed E-state index contributed by atoms with van der Waals surface area (Å²) in [5.41, 5.74) is 8.36. The highest BCUT2D eigenvalue weighted by Gasteiger charge is 2.33. The van der Waals surface area contributed by atoms with Crippen molar-refractivity contribution < 1.29 is 22.4 Å². The normalized spacial score (nSPS) is 14.9. The fourth-order valence-electron chi connectivity index (χ4n) is 4.92. The van der Waals surface area contributed by atoms with Gasteiger partial charge in [-0.05, 0) is 67.2 Å². The van der Waals surface area contributed by atoms with Gasteiger partial charge in [0.1, 0.15) is 0 Å². The van der Waals surface area contributed by atoms with Crippen LogP contribution in [-0.2, 0) is 12.7 Å². The molecule has 0 spiro atoms. The van der Waals surface area contributed by atoms with Crippen molar-refractivity contribution in [2.24, 2.45) is 5.73 Å². The number of carbonyl (C=O) groups excluding carboxylic acids is 1. The van der Waals surface area contributed by atoms with Gasteiger partial charge in [0.05, 0.1) is 23.7 Å². The molecular weight excluding hydrogens is 510 g/mol. The Bertz CT molecular complexity index is 1460. The minimum Gasteiger partial charge on any atom is -0.366 e. The summed E-state index contributed by atoms with van der Waals surface area (Å²) >= 11 is 0. The van der Waals surface area contributed by atoms with E-state index in [1.807, 2.05) is 24.3 Å². The van der Waals surface area contributed by atoms with Crippen LogP contribution in [0.15, 0.2) is 73.2 Å². The van der Waals surface area contributed by atoms with E-state index >= 15 is 0 Å². The Hall–Kier alpha value is -4.18. The number of hydrogen-bond donors (Lipinski definition) is 1. The molecule has 2 aromatic carbocycles. The number of nitrogens with zero attached hydrogens (tertiary/aromatic N) is 4. The Morgan fingerprint density at radius 1 is 0.949 bits per heavy atom. The Labute approximate surface area is 222 Å². The van der Waals surface area contributed by atoms with Crippen molar-refractivity contribution in [2.45, 2.75) is 31.5 Å². The van der Waals surface area contributed by atoms with Crippen molar-refractivity contribution in [2.75, 3.05) is 13.1 Å². The summed E-state index contributed by atoms with van der Waals surface area (Å²) in [6.07, 6.45) is 0.562. The Morgan fingerprint density at radius 2 is 1.64 bits per heavy atom. The molecule has 3 heterocycles. The van der Waals surface area contributed by atoms with Crippen molar-refractivity contribution in [3.05, 3.63) is 101 Å². The summed E-state index contributed by atoms with van der Waals surface area (Å²) < 4.78 is 53.9. The van der Waals surface area contributed by atoms with Crippen LogP contribution >= 0.6 is 0 Å². The van der Waals surface area contributed by atoms with Crippen molar-refractivity contribution in [3.63, 3.8) is 0 Å². The molecule has 1 aliphatic rings. The first-order chi connectivity index (χ1) is 18.7. The first-order valence-electron chi connectivity index (χ1n) is 12.4. The van der Waals surface area contributed by atoms with Crippen LogP contribution in [0, 0.1) is 5.82 Å². The standard InChI is InChI=1S/C29H25F4N5O/c30-23-15-36-28(37-16-23)20-3-1-18(2-4-20)17-38-11-8-19(9-12-38)25-14-22(29(31,32)33)5-6-24(25)26-13-21(27(34)39)7-10-35-26/h1-7,10,13-16,19H,8-9,11-12,17H2,(H2,34,39). The molecule has 4 aromatic rings.